The van der Waals surface area contributed by atoms with Crippen LogP contribution in [0.15, 0.2) is 41.4 Å². The highest BCUT2D eigenvalue weighted by atomic mass is 19.4. The SMILES string of the molecule is CC=Nc1cc(C)c(C(=O)Cc2ccc(OC(F)(F)F)cc2)cc1C. The molecule has 0 saturated carbocycles. The van der Waals surface area contributed by atoms with Gasteiger partial charge in [-0.2, -0.15) is 0 Å². The summed E-state index contributed by atoms with van der Waals surface area (Å²) >= 11 is 0. The highest BCUT2D eigenvalue weighted by Gasteiger charge is 2.30. The third kappa shape index (κ3) is 5.17. The number of alkyl halides is 3. The molecular formula is C19H18F3NO2. The third-order valence-corrected chi connectivity index (χ3v) is 3.63. The van der Waals surface area contributed by atoms with Crippen molar-refractivity contribution in [2.45, 2.75) is 33.6 Å². The van der Waals surface area contributed by atoms with E-state index in [0.29, 0.717) is 11.1 Å². The Morgan fingerprint density at radius 2 is 1.76 bits per heavy atom. The quantitative estimate of drug-likeness (QED) is 0.539. The number of aryl methyl sites for hydroxylation is 2. The number of nitrogens with zero attached hydrogens (tertiary/aromatic N) is 1. The molecule has 25 heavy (non-hydrogen) atoms. The van der Waals surface area contributed by atoms with E-state index in [1.165, 1.54) is 24.3 Å². The zero-order valence-corrected chi connectivity index (χ0v) is 14.1. The number of carbonyl (C=O) groups excluding carboxylic acids is 1. The van der Waals surface area contributed by atoms with Crippen LogP contribution < -0.4 is 4.74 Å². The fourth-order valence-corrected chi connectivity index (χ4v) is 2.47. The van der Waals surface area contributed by atoms with Gasteiger partial charge in [0, 0.05) is 18.2 Å². The molecule has 6 heteroatoms. The first-order valence-electron chi connectivity index (χ1n) is 7.67. The number of hydrogen-bond acceptors (Lipinski definition) is 3. The van der Waals surface area contributed by atoms with Gasteiger partial charge in [0.1, 0.15) is 5.75 Å². The van der Waals surface area contributed by atoms with E-state index in [-0.39, 0.29) is 18.0 Å². The van der Waals surface area contributed by atoms with E-state index < -0.39 is 6.36 Å². The Morgan fingerprint density at radius 1 is 1.12 bits per heavy atom. The number of hydrogen-bond donors (Lipinski definition) is 0. The normalized spacial score (nSPS) is 11.8. The molecule has 0 aliphatic rings. The molecule has 0 amide bonds. The fraction of sp³-hybridized carbons (Fsp3) is 0.263. The van der Waals surface area contributed by atoms with Gasteiger partial charge >= 0.3 is 6.36 Å². The van der Waals surface area contributed by atoms with Crippen LogP contribution in [0.4, 0.5) is 18.9 Å². The van der Waals surface area contributed by atoms with E-state index >= 15 is 0 Å². The van der Waals surface area contributed by atoms with E-state index in [2.05, 4.69) is 9.73 Å². The third-order valence-electron chi connectivity index (χ3n) is 3.63. The molecule has 3 nitrogen and oxygen atoms in total. The van der Waals surface area contributed by atoms with Gasteiger partial charge in [-0.25, -0.2) is 0 Å². The van der Waals surface area contributed by atoms with E-state index in [1.54, 1.807) is 12.3 Å². The molecule has 2 aromatic carbocycles. The summed E-state index contributed by atoms with van der Waals surface area (Å²) in [5.41, 5.74) is 3.72. The van der Waals surface area contributed by atoms with E-state index in [9.17, 15) is 18.0 Å². The molecule has 2 rings (SSSR count). The maximum absolute atomic E-state index is 12.5. The van der Waals surface area contributed by atoms with Gasteiger partial charge in [0.25, 0.3) is 0 Å². The Hall–Kier alpha value is -2.63. The van der Waals surface area contributed by atoms with Crippen molar-refractivity contribution in [3.63, 3.8) is 0 Å². The summed E-state index contributed by atoms with van der Waals surface area (Å²) in [5, 5.41) is 0. The number of ketones is 1. The zero-order valence-electron chi connectivity index (χ0n) is 14.1. The van der Waals surface area contributed by atoms with E-state index in [1.807, 2.05) is 26.8 Å². The van der Waals surface area contributed by atoms with Gasteiger partial charge < -0.3 is 4.74 Å². The van der Waals surface area contributed by atoms with Crippen LogP contribution in [-0.4, -0.2) is 18.4 Å². The van der Waals surface area contributed by atoms with Crippen LogP contribution in [0.25, 0.3) is 0 Å². The lowest BCUT2D eigenvalue weighted by molar-refractivity contribution is -0.274. The molecule has 0 aliphatic heterocycles. The number of halogens is 3. The van der Waals surface area contributed by atoms with Gasteiger partial charge in [-0.1, -0.05) is 12.1 Å². The number of carbonyl (C=O) groups is 1. The van der Waals surface area contributed by atoms with Crippen LogP contribution >= 0.6 is 0 Å². The number of rotatable bonds is 5. The molecule has 0 atom stereocenters. The predicted octanol–water partition coefficient (Wildman–Crippen LogP) is 5.35. The molecule has 0 unspecified atom stereocenters. The average Bonchev–Trinajstić information content (AvgIpc) is 2.51. The van der Waals surface area contributed by atoms with E-state index in [4.69, 9.17) is 0 Å². The van der Waals surface area contributed by atoms with Gasteiger partial charge in [-0.15, -0.1) is 13.2 Å². The molecule has 132 valence electrons. The van der Waals surface area contributed by atoms with Gasteiger partial charge in [0.05, 0.1) is 5.69 Å². The summed E-state index contributed by atoms with van der Waals surface area (Å²) < 4.78 is 40.3. The average molecular weight is 349 g/mol. The van der Waals surface area contributed by atoms with Crippen LogP contribution in [0.2, 0.25) is 0 Å². The second-order valence-electron chi connectivity index (χ2n) is 5.63. The minimum absolute atomic E-state index is 0.0999. The van der Waals surface area contributed by atoms with Crippen molar-refractivity contribution in [1.82, 2.24) is 0 Å². The Morgan fingerprint density at radius 3 is 2.32 bits per heavy atom. The minimum atomic E-state index is -4.73. The summed E-state index contributed by atoms with van der Waals surface area (Å²) in [6, 6.07) is 8.96. The lowest BCUT2D eigenvalue weighted by Crippen LogP contribution is -2.17. The first-order chi connectivity index (χ1) is 11.7. The standard InChI is InChI=1S/C19H18F3NO2/c1-4-23-17-10-12(2)16(9-13(17)3)18(24)11-14-5-7-15(8-6-14)25-19(20,21)22/h4-10H,11H2,1-3H3. The molecule has 0 radical (unpaired) electrons. The number of aliphatic imine (C=N–C) groups is 1. The molecule has 0 aromatic heterocycles. The monoisotopic (exact) mass is 349 g/mol. The second-order valence-corrected chi connectivity index (χ2v) is 5.63. The van der Waals surface area contributed by atoms with Crippen molar-refractivity contribution in [3.8, 4) is 5.75 Å². The summed E-state index contributed by atoms with van der Waals surface area (Å²) in [6.07, 6.45) is -2.94. The first-order valence-corrected chi connectivity index (χ1v) is 7.67. The van der Waals surface area contributed by atoms with Crippen LogP contribution in [0.3, 0.4) is 0 Å². The van der Waals surface area contributed by atoms with Crippen molar-refractivity contribution in [3.05, 3.63) is 58.7 Å². The van der Waals surface area contributed by atoms with Crippen molar-refractivity contribution >= 4 is 17.7 Å². The maximum Gasteiger partial charge on any atom is 0.573 e. The molecule has 0 heterocycles. The molecule has 0 aliphatic carbocycles. The number of Topliss-reactive ketones (excluding diaryl/α,β-unsaturated/α-hetero) is 1. The molecule has 0 bridgehead atoms. The van der Waals surface area contributed by atoms with Crippen molar-refractivity contribution in [2.75, 3.05) is 0 Å². The smallest absolute Gasteiger partial charge is 0.406 e. The predicted molar refractivity (Wildman–Crippen MR) is 90.9 cm³/mol. The highest BCUT2D eigenvalue weighted by Crippen LogP contribution is 2.25. The lowest BCUT2D eigenvalue weighted by atomic mass is 9.96. The topological polar surface area (TPSA) is 38.7 Å². The lowest BCUT2D eigenvalue weighted by Gasteiger charge is -2.11. The van der Waals surface area contributed by atoms with Crippen LogP contribution in [0.1, 0.15) is 34.0 Å². The van der Waals surface area contributed by atoms with Gasteiger partial charge in [0.2, 0.25) is 0 Å². The van der Waals surface area contributed by atoms with Gasteiger partial charge in [0.15, 0.2) is 5.78 Å². The Balaban J connectivity index is 2.16. The maximum atomic E-state index is 12.5. The van der Waals surface area contributed by atoms with Crippen LogP contribution in [0, 0.1) is 13.8 Å². The minimum Gasteiger partial charge on any atom is -0.406 e. The molecule has 0 N–H and O–H groups in total. The molecule has 0 spiro atoms. The molecule has 0 fully saturated rings. The summed E-state index contributed by atoms with van der Waals surface area (Å²) in [4.78, 5) is 16.8. The van der Waals surface area contributed by atoms with Crippen molar-refractivity contribution in [2.24, 2.45) is 4.99 Å². The zero-order chi connectivity index (χ0) is 18.6. The molecule has 2 aromatic rings. The Bertz CT molecular complexity index is 794. The second kappa shape index (κ2) is 7.51. The van der Waals surface area contributed by atoms with Gasteiger partial charge in [-0.3, -0.25) is 9.79 Å². The van der Waals surface area contributed by atoms with Crippen molar-refractivity contribution < 1.29 is 22.7 Å². The van der Waals surface area contributed by atoms with Crippen LogP contribution in [0.5, 0.6) is 5.75 Å². The number of ether oxygens (including phenoxy) is 1. The first kappa shape index (κ1) is 18.7. The fourth-order valence-electron chi connectivity index (χ4n) is 2.47. The summed E-state index contributed by atoms with van der Waals surface area (Å²) in [5.74, 6) is -0.408. The number of benzene rings is 2. The summed E-state index contributed by atoms with van der Waals surface area (Å²) in [6.45, 7) is 5.53. The van der Waals surface area contributed by atoms with Gasteiger partial charge in [-0.05, 0) is 61.7 Å². The molecule has 0 saturated heterocycles. The Kier molecular flexibility index (Phi) is 5.62. The van der Waals surface area contributed by atoms with E-state index in [0.717, 1.165) is 16.8 Å². The molecular weight excluding hydrogens is 331 g/mol. The highest BCUT2D eigenvalue weighted by molar-refractivity contribution is 5.99. The Labute approximate surface area is 144 Å². The van der Waals surface area contributed by atoms with Crippen molar-refractivity contribution in [1.29, 1.82) is 0 Å². The largest absolute Gasteiger partial charge is 0.573 e. The van der Waals surface area contributed by atoms with Crippen LogP contribution in [-0.2, 0) is 6.42 Å². The summed E-state index contributed by atoms with van der Waals surface area (Å²) in [7, 11) is 0.